The van der Waals surface area contributed by atoms with Crippen LogP contribution in [0.2, 0.25) is 0 Å². The van der Waals surface area contributed by atoms with Gasteiger partial charge in [0.25, 0.3) is 5.95 Å². The van der Waals surface area contributed by atoms with Gasteiger partial charge < -0.3 is 9.80 Å². The number of aromatic nitrogens is 4. The van der Waals surface area contributed by atoms with E-state index in [-0.39, 0.29) is 41.3 Å². The lowest BCUT2D eigenvalue weighted by atomic mass is 9.88. The molecule has 0 radical (unpaired) electrons. The molecule has 3 aromatic rings. The van der Waals surface area contributed by atoms with E-state index in [1.807, 2.05) is 11.8 Å². The van der Waals surface area contributed by atoms with Crippen molar-refractivity contribution in [2.75, 3.05) is 22.9 Å². The summed E-state index contributed by atoms with van der Waals surface area (Å²) in [6.07, 6.45) is -9.71. The van der Waals surface area contributed by atoms with E-state index < -0.39 is 41.8 Å². The van der Waals surface area contributed by atoms with Gasteiger partial charge in [-0.3, -0.25) is 0 Å². The smallest absolute Gasteiger partial charge is 0.371 e. The van der Waals surface area contributed by atoms with E-state index in [1.165, 1.54) is 24.9 Å². The van der Waals surface area contributed by atoms with Crippen molar-refractivity contribution in [2.45, 2.75) is 77.6 Å². The van der Waals surface area contributed by atoms with Gasteiger partial charge in [0.15, 0.2) is 0 Å². The SMILES string of the molecule is CCN(CC1CCCCC1)c1cc(C(F)(F)F)c(C)cc1CN(Cc1cc(C(F)(F)F)cc(C(F)(F)F)c1)c1nnn(C)n1. The lowest BCUT2D eigenvalue weighted by molar-refractivity contribution is -0.143. The highest BCUT2D eigenvalue weighted by Crippen LogP contribution is 2.39. The highest BCUT2D eigenvalue weighted by molar-refractivity contribution is 5.59. The van der Waals surface area contributed by atoms with E-state index in [0.717, 1.165) is 43.0 Å². The van der Waals surface area contributed by atoms with Crippen LogP contribution < -0.4 is 9.80 Å². The summed E-state index contributed by atoms with van der Waals surface area (Å²) >= 11 is 0. The number of hydrogen-bond donors (Lipinski definition) is 0. The number of alkyl halides is 9. The highest BCUT2D eigenvalue weighted by atomic mass is 19.4. The zero-order valence-corrected chi connectivity index (χ0v) is 24.4. The molecule has 0 N–H and O–H groups in total. The van der Waals surface area contributed by atoms with Gasteiger partial charge in [-0.15, -0.1) is 5.10 Å². The molecule has 4 rings (SSSR count). The number of halogens is 9. The van der Waals surface area contributed by atoms with Gasteiger partial charge in [-0.25, -0.2) is 0 Å². The van der Waals surface area contributed by atoms with Crippen LogP contribution in [0.25, 0.3) is 0 Å². The van der Waals surface area contributed by atoms with Crippen molar-refractivity contribution in [2.24, 2.45) is 13.0 Å². The molecule has 1 saturated carbocycles. The monoisotopic (exact) mass is 636 g/mol. The van der Waals surface area contributed by atoms with Crippen LogP contribution in [0, 0.1) is 12.8 Å². The molecule has 1 aromatic heterocycles. The first-order valence-corrected chi connectivity index (χ1v) is 14.2. The van der Waals surface area contributed by atoms with Gasteiger partial charge in [-0.2, -0.15) is 44.3 Å². The van der Waals surface area contributed by atoms with Gasteiger partial charge in [0, 0.05) is 31.9 Å². The molecule has 6 nitrogen and oxygen atoms in total. The number of tetrazole rings is 1. The van der Waals surface area contributed by atoms with E-state index in [1.54, 1.807) is 0 Å². The predicted molar refractivity (Wildman–Crippen MR) is 146 cm³/mol. The van der Waals surface area contributed by atoms with E-state index in [0.29, 0.717) is 30.8 Å². The molecule has 242 valence electrons. The quantitative estimate of drug-likeness (QED) is 0.222. The van der Waals surface area contributed by atoms with Gasteiger partial charge >= 0.3 is 18.5 Å². The first kappa shape index (κ1) is 33.4. The standard InChI is InChI=1S/C29H33F9N6/c1-4-43(15-19-8-6-5-7-9-19)25-14-24(29(36,37)38)18(2)10-21(25)17-44(26-39-41-42(3)40-26)16-20-11-22(27(30,31)32)13-23(12-20)28(33,34)35/h10-14,19H,4-9,15-17H2,1-3H3. The summed E-state index contributed by atoms with van der Waals surface area (Å²) in [5, 5.41) is 11.7. The van der Waals surface area contributed by atoms with Crippen LogP contribution >= 0.6 is 0 Å². The fraction of sp³-hybridized carbons (Fsp3) is 0.552. The molecule has 2 aromatic carbocycles. The van der Waals surface area contributed by atoms with Gasteiger partial charge in [0.05, 0.1) is 23.7 Å². The van der Waals surface area contributed by atoms with Crippen LogP contribution in [-0.2, 0) is 38.7 Å². The van der Waals surface area contributed by atoms with Gasteiger partial charge in [-0.05, 0) is 78.8 Å². The maximum absolute atomic E-state index is 14.0. The Bertz CT molecular complexity index is 1390. The molecule has 0 unspecified atom stereocenters. The van der Waals surface area contributed by atoms with Crippen LogP contribution in [-0.4, -0.2) is 33.3 Å². The molecule has 0 spiro atoms. The van der Waals surface area contributed by atoms with E-state index in [4.69, 9.17) is 0 Å². The van der Waals surface area contributed by atoms with Gasteiger partial charge in [0.2, 0.25) is 0 Å². The minimum atomic E-state index is -5.05. The van der Waals surface area contributed by atoms with Crippen molar-refractivity contribution in [1.29, 1.82) is 0 Å². The van der Waals surface area contributed by atoms with E-state index in [2.05, 4.69) is 15.4 Å². The van der Waals surface area contributed by atoms with Crippen LogP contribution in [0.1, 0.15) is 72.4 Å². The number of benzene rings is 2. The van der Waals surface area contributed by atoms with Crippen molar-refractivity contribution >= 4 is 11.6 Å². The molecule has 0 atom stereocenters. The third kappa shape index (κ3) is 8.14. The highest BCUT2D eigenvalue weighted by Gasteiger charge is 2.38. The Hall–Kier alpha value is -3.52. The Labute approximate surface area is 248 Å². The van der Waals surface area contributed by atoms with Crippen LogP contribution in [0.5, 0.6) is 0 Å². The molecule has 1 heterocycles. The Kier molecular flexibility index (Phi) is 9.74. The molecule has 0 aliphatic heterocycles. The summed E-state index contributed by atoms with van der Waals surface area (Å²) in [4.78, 5) is 4.23. The van der Waals surface area contributed by atoms with Crippen LogP contribution in [0.4, 0.5) is 51.1 Å². The maximum Gasteiger partial charge on any atom is 0.416 e. The molecule has 0 bridgehead atoms. The van der Waals surface area contributed by atoms with Crippen molar-refractivity contribution in [3.63, 3.8) is 0 Å². The normalized spacial score (nSPS) is 15.1. The molecule has 1 aliphatic rings. The van der Waals surface area contributed by atoms with E-state index in [9.17, 15) is 39.5 Å². The zero-order chi connectivity index (χ0) is 32.4. The lowest BCUT2D eigenvalue weighted by Crippen LogP contribution is -2.33. The third-order valence-electron chi connectivity index (χ3n) is 7.82. The summed E-state index contributed by atoms with van der Waals surface area (Å²) in [5.41, 5.74) is -3.52. The van der Waals surface area contributed by atoms with Gasteiger partial charge in [0.1, 0.15) is 0 Å². The topological polar surface area (TPSA) is 50.1 Å². The van der Waals surface area contributed by atoms with Gasteiger partial charge in [-0.1, -0.05) is 30.4 Å². The van der Waals surface area contributed by atoms with E-state index >= 15 is 0 Å². The number of aryl methyl sites for hydroxylation is 2. The minimum absolute atomic E-state index is 0.0378. The minimum Gasteiger partial charge on any atom is -0.371 e. The van der Waals surface area contributed by atoms with Crippen molar-refractivity contribution in [3.8, 4) is 0 Å². The fourth-order valence-electron chi connectivity index (χ4n) is 5.70. The number of hydrogen-bond acceptors (Lipinski definition) is 5. The lowest BCUT2D eigenvalue weighted by Gasteiger charge is -2.33. The largest absolute Gasteiger partial charge is 0.416 e. The molecule has 44 heavy (non-hydrogen) atoms. The molecule has 15 heteroatoms. The van der Waals surface area contributed by atoms with Crippen LogP contribution in [0.3, 0.4) is 0 Å². The molecular weight excluding hydrogens is 603 g/mol. The average Bonchev–Trinajstić information content (AvgIpc) is 3.36. The van der Waals surface area contributed by atoms with Crippen molar-refractivity contribution < 1.29 is 39.5 Å². The molecule has 0 amide bonds. The Morgan fingerprint density at radius 3 is 1.91 bits per heavy atom. The Morgan fingerprint density at radius 1 is 0.795 bits per heavy atom. The number of anilines is 2. The third-order valence-corrected chi connectivity index (χ3v) is 7.82. The Balaban J connectivity index is 1.80. The summed E-state index contributed by atoms with van der Waals surface area (Å²) < 4.78 is 124. The zero-order valence-electron chi connectivity index (χ0n) is 24.4. The number of nitrogens with zero attached hydrogens (tertiary/aromatic N) is 6. The summed E-state index contributed by atoms with van der Waals surface area (Å²) in [6.45, 7) is 3.31. The second-order valence-corrected chi connectivity index (χ2v) is 11.2. The fourth-order valence-corrected chi connectivity index (χ4v) is 5.70. The second-order valence-electron chi connectivity index (χ2n) is 11.2. The summed E-state index contributed by atoms with van der Waals surface area (Å²) in [5.74, 6) is 0.160. The maximum atomic E-state index is 14.0. The Morgan fingerprint density at radius 2 is 1.41 bits per heavy atom. The summed E-state index contributed by atoms with van der Waals surface area (Å²) in [6, 6.07) is 3.69. The second kappa shape index (κ2) is 12.8. The number of rotatable bonds is 9. The molecule has 0 saturated heterocycles. The van der Waals surface area contributed by atoms with Crippen LogP contribution in [0.15, 0.2) is 30.3 Å². The van der Waals surface area contributed by atoms with Crippen molar-refractivity contribution in [1.82, 2.24) is 20.2 Å². The first-order valence-electron chi connectivity index (χ1n) is 14.2. The average molecular weight is 637 g/mol. The first-order chi connectivity index (χ1) is 20.5. The predicted octanol–water partition coefficient (Wildman–Crippen LogP) is 8.19. The molecule has 1 aliphatic carbocycles. The van der Waals surface area contributed by atoms with Crippen molar-refractivity contribution in [3.05, 3.63) is 63.7 Å². The molecule has 1 fully saturated rings. The summed E-state index contributed by atoms with van der Waals surface area (Å²) in [7, 11) is 1.43. The molecular formula is C29H33F9N6.